The predicted molar refractivity (Wildman–Crippen MR) is 61.1 cm³/mol. The van der Waals surface area contributed by atoms with Crippen molar-refractivity contribution in [3.05, 3.63) is 39.4 Å². The molecule has 0 fully saturated rings. The van der Waals surface area contributed by atoms with Crippen LogP contribution in [0.15, 0.2) is 18.2 Å². The van der Waals surface area contributed by atoms with Crippen molar-refractivity contribution in [1.82, 2.24) is 0 Å². The summed E-state index contributed by atoms with van der Waals surface area (Å²) >= 11 is 0. The van der Waals surface area contributed by atoms with E-state index in [0.717, 1.165) is 0 Å². The Labute approximate surface area is 102 Å². The van der Waals surface area contributed by atoms with Crippen LogP contribution in [0.5, 0.6) is 0 Å². The number of carboxylic acid groups (broad SMARTS) is 1. The fourth-order valence-electron chi connectivity index (χ4n) is 1.57. The van der Waals surface area contributed by atoms with E-state index in [1.165, 1.54) is 18.2 Å². The van der Waals surface area contributed by atoms with E-state index < -0.39 is 29.5 Å². The third kappa shape index (κ3) is 3.25. The molecule has 98 valence electrons. The standard InChI is InChI=1S/C11H13NO6/c1-6-2-3-8(12(17)18)7(4-6)11(16)9(13)5-10(14)15/h2-4,9,11,13,16H,5H2,1H3,(H,14,15). The van der Waals surface area contributed by atoms with Crippen molar-refractivity contribution in [2.24, 2.45) is 0 Å². The summed E-state index contributed by atoms with van der Waals surface area (Å²) in [5.74, 6) is -1.29. The van der Waals surface area contributed by atoms with Crippen molar-refractivity contribution in [2.45, 2.75) is 25.6 Å². The normalized spacial score (nSPS) is 13.9. The molecule has 0 bridgehead atoms. The average molecular weight is 255 g/mol. The predicted octanol–water partition coefficient (Wildman–Crippen LogP) is 0.772. The molecule has 0 amide bonds. The van der Waals surface area contributed by atoms with Crippen LogP contribution in [0.1, 0.15) is 23.7 Å². The van der Waals surface area contributed by atoms with E-state index in [0.29, 0.717) is 5.56 Å². The van der Waals surface area contributed by atoms with Crippen LogP contribution in [0.2, 0.25) is 0 Å². The number of nitrogens with zero attached hydrogens (tertiary/aromatic N) is 1. The van der Waals surface area contributed by atoms with Crippen LogP contribution in [-0.2, 0) is 4.79 Å². The maximum Gasteiger partial charge on any atom is 0.306 e. The highest BCUT2D eigenvalue weighted by molar-refractivity contribution is 5.67. The van der Waals surface area contributed by atoms with E-state index >= 15 is 0 Å². The molecule has 0 aliphatic heterocycles. The number of hydrogen-bond acceptors (Lipinski definition) is 5. The molecule has 3 N–H and O–H groups in total. The number of carbonyl (C=O) groups is 1. The van der Waals surface area contributed by atoms with Crippen LogP contribution in [-0.4, -0.2) is 32.3 Å². The maximum atomic E-state index is 10.8. The summed E-state index contributed by atoms with van der Waals surface area (Å²) in [6.45, 7) is 1.67. The Morgan fingerprint density at radius 2 is 2.06 bits per heavy atom. The largest absolute Gasteiger partial charge is 0.481 e. The van der Waals surface area contributed by atoms with Gasteiger partial charge in [-0.1, -0.05) is 11.6 Å². The molecule has 18 heavy (non-hydrogen) atoms. The van der Waals surface area contributed by atoms with E-state index in [9.17, 15) is 25.1 Å². The van der Waals surface area contributed by atoms with Gasteiger partial charge < -0.3 is 15.3 Å². The van der Waals surface area contributed by atoms with Gasteiger partial charge in [-0.05, 0) is 13.0 Å². The number of benzene rings is 1. The van der Waals surface area contributed by atoms with Gasteiger partial charge in [-0.25, -0.2) is 0 Å². The van der Waals surface area contributed by atoms with Gasteiger partial charge in [-0.3, -0.25) is 14.9 Å². The van der Waals surface area contributed by atoms with Crippen LogP contribution >= 0.6 is 0 Å². The lowest BCUT2D eigenvalue weighted by atomic mass is 9.98. The summed E-state index contributed by atoms with van der Waals surface area (Å²) < 4.78 is 0. The molecule has 0 aromatic heterocycles. The molecule has 0 aliphatic carbocycles. The molecule has 0 spiro atoms. The quantitative estimate of drug-likeness (QED) is 0.528. The number of aliphatic hydroxyl groups excluding tert-OH is 2. The Balaban J connectivity index is 3.10. The molecule has 1 aromatic rings. The van der Waals surface area contributed by atoms with Gasteiger partial charge >= 0.3 is 5.97 Å². The summed E-state index contributed by atoms with van der Waals surface area (Å²) in [7, 11) is 0. The Hall–Kier alpha value is -1.99. The number of aliphatic carboxylic acids is 1. The lowest BCUT2D eigenvalue weighted by molar-refractivity contribution is -0.386. The number of nitro groups is 1. The zero-order valence-electron chi connectivity index (χ0n) is 9.61. The molecule has 7 nitrogen and oxygen atoms in total. The Bertz CT molecular complexity index is 473. The van der Waals surface area contributed by atoms with Crippen molar-refractivity contribution >= 4 is 11.7 Å². The second kappa shape index (κ2) is 5.56. The molecule has 0 saturated carbocycles. The number of aliphatic hydroxyl groups is 2. The van der Waals surface area contributed by atoms with E-state index in [1.807, 2.05) is 0 Å². The van der Waals surface area contributed by atoms with Gasteiger partial charge in [0.15, 0.2) is 0 Å². The molecule has 0 aliphatic rings. The van der Waals surface area contributed by atoms with E-state index in [1.54, 1.807) is 6.92 Å². The number of nitro benzene ring substituents is 1. The fourth-order valence-corrected chi connectivity index (χ4v) is 1.57. The summed E-state index contributed by atoms with van der Waals surface area (Å²) in [6, 6.07) is 4.06. The lowest BCUT2D eigenvalue weighted by Gasteiger charge is -2.16. The minimum absolute atomic E-state index is 0.0891. The molecule has 2 atom stereocenters. The average Bonchev–Trinajstić information content (AvgIpc) is 2.26. The molecule has 0 heterocycles. The first-order valence-electron chi connectivity index (χ1n) is 5.15. The van der Waals surface area contributed by atoms with Crippen LogP contribution < -0.4 is 0 Å². The minimum Gasteiger partial charge on any atom is -0.481 e. The first-order valence-corrected chi connectivity index (χ1v) is 5.15. The summed E-state index contributed by atoms with van der Waals surface area (Å²) in [6.07, 6.45) is -3.89. The number of carboxylic acids is 1. The Morgan fingerprint density at radius 3 is 2.56 bits per heavy atom. The highest BCUT2D eigenvalue weighted by Crippen LogP contribution is 2.29. The van der Waals surface area contributed by atoms with Gasteiger partial charge in [0, 0.05) is 6.07 Å². The van der Waals surface area contributed by atoms with Crippen LogP contribution in [0, 0.1) is 17.0 Å². The zero-order chi connectivity index (χ0) is 13.9. The van der Waals surface area contributed by atoms with Crippen molar-refractivity contribution < 1.29 is 25.0 Å². The molecule has 0 saturated heterocycles. The second-order valence-electron chi connectivity index (χ2n) is 3.93. The van der Waals surface area contributed by atoms with Gasteiger partial charge in [0.2, 0.25) is 0 Å². The Morgan fingerprint density at radius 1 is 1.44 bits per heavy atom. The molecule has 2 unspecified atom stereocenters. The van der Waals surface area contributed by atoms with Crippen molar-refractivity contribution in [2.75, 3.05) is 0 Å². The summed E-state index contributed by atoms with van der Waals surface area (Å²) in [4.78, 5) is 20.5. The maximum absolute atomic E-state index is 10.8. The first-order chi connectivity index (χ1) is 8.32. The van der Waals surface area contributed by atoms with Crippen LogP contribution in [0.25, 0.3) is 0 Å². The zero-order valence-corrected chi connectivity index (χ0v) is 9.61. The molecular weight excluding hydrogens is 242 g/mol. The number of hydrogen-bond donors (Lipinski definition) is 3. The summed E-state index contributed by atoms with van der Waals surface area (Å²) in [5, 5.41) is 38.5. The van der Waals surface area contributed by atoms with Crippen LogP contribution in [0.3, 0.4) is 0 Å². The van der Waals surface area contributed by atoms with E-state index in [2.05, 4.69) is 0 Å². The van der Waals surface area contributed by atoms with Crippen molar-refractivity contribution in [1.29, 1.82) is 0 Å². The monoisotopic (exact) mass is 255 g/mol. The molecule has 1 aromatic carbocycles. The molecule has 0 radical (unpaired) electrons. The Kier molecular flexibility index (Phi) is 4.35. The smallest absolute Gasteiger partial charge is 0.306 e. The van der Waals surface area contributed by atoms with Crippen molar-refractivity contribution in [3.63, 3.8) is 0 Å². The third-order valence-electron chi connectivity index (χ3n) is 2.45. The van der Waals surface area contributed by atoms with Gasteiger partial charge in [-0.2, -0.15) is 0 Å². The topological polar surface area (TPSA) is 121 Å². The first kappa shape index (κ1) is 14.1. The van der Waals surface area contributed by atoms with Crippen LogP contribution in [0.4, 0.5) is 5.69 Å². The van der Waals surface area contributed by atoms with Gasteiger partial charge in [-0.15, -0.1) is 0 Å². The van der Waals surface area contributed by atoms with E-state index in [-0.39, 0.29) is 11.3 Å². The SMILES string of the molecule is Cc1ccc([N+](=O)[O-])c(C(O)C(O)CC(=O)O)c1. The van der Waals surface area contributed by atoms with Gasteiger partial charge in [0.25, 0.3) is 5.69 Å². The minimum atomic E-state index is -1.61. The highest BCUT2D eigenvalue weighted by atomic mass is 16.6. The van der Waals surface area contributed by atoms with E-state index in [4.69, 9.17) is 5.11 Å². The second-order valence-corrected chi connectivity index (χ2v) is 3.93. The fraction of sp³-hybridized carbons (Fsp3) is 0.364. The molecule has 7 heteroatoms. The van der Waals surface area contributed by atoms with Gasteiger partial charge in [0.1, 0.15) is 6.10 Å². The van der Waals surface area contributed by atoms with Gasteiger partial charge in [0.05, 0.1) is 23.0 Å². The lowest BCUT2D eigenvalue weighted by Crippen LogP contribution is -2.22. The number of aryl methyl sites for hydroxylation is 1. The molecular formula is C11H13NO6. The number of rotatable bonds is 5. The van der Waals surface area contributed by atoms with Crippen molar-refractivity contribution in [3.8, 4) is 0 Å². The highest BCUT2D eigenvalue weighted by Gasteiger charge is 2.27. The molecule has 1 rings (SSSR count). The summed E-state index contributed by atoms with van der Waals surface area (Å²) in [5.41, 5.74) is 0.225. The third-order valence-corrected chi connectivity index (χ3v) is 2.45.